The van der Waals surface area contributed by atoms with Gasteiger partial charge >= 0.3 is 5.97 Å². The third kappa shape index (κ3) is 2.66. The molecule has 1 aliphatic heterocycles. The van der Waals surface area contributed by atoms with Gasteiger partial charge in [-0.2, -0.15) is 0 Å². The van der Waals surface area contributed by atoms with E-state index in [1.54, 1.807) is 11.8 Å². The Morgan fingerprint density at radius 2 is 2.00 bits per heavy atom. The monoisotopic (exact) mass is 280 g/mol. The number of benzene rings is 1. The lowest BCUT2D eigenvalue weighted by molar-refractivity contribution is -0.144. The number of rotatable bonds is 3. The number of fused-ring (bicyclic) bond motifs is 1. The molecule has 4 nitrogen and oxygen atoms in total. The summed E-state index contributed by atoms with van der Waals surface area (Å²) in [5, 5.41) is 9.24. The quantitative estimate of drug-likeness (QED) is 0.922. The summed E-state index contributed by atoms with van der Waals surface area (Å²) in [6.45, 7) is 1.35. The van der Waals surface area contributed by atoms with Crippen molar-refractivity contribution in [3.05, 3.63) is 18.2 Å². The fourth-order valence-electron chi connectivity index (χ4n) is 2.28. The molecule has 3 rings (SSSR count). The third-order valence-electron chi connectivity index (χ3n) is 3.53. The van der Waals surface area contributed by atoms with Gasteiger partial charge in [0.25, 0.3) is 0 Å². The van der Waals surface area contributed by atoms with Crippen LogP contribution in [0.25, 0.3) is 0 Å². The molecule has 1 aromatic rings. The first-order valence-corrected chi connectivity index (χ1v) is 7.41. The Morgan fingerprint density at radius 1 is 1.21 bits per heavy atom. The average molecular weight is 280 g/mol. The molecule has 1 heterocycles. The Kier molecular flexibility index (Phi) is 3.55. The smallest absolute Gasteiger partial charge is 0.307 e. The van der Waals surface area contributed by atoms with Gasteiger partial charge in [0.05, 0.1) is 19.1 Å². The van der Waals surface area contributed by atoms with Gasteiger partial charge < -0.3 is 14.6 Å². The molecule has 0 amide bonds. The summed E-state index contributed by atoms with van der Waals surface area (Å²) in [6, 6.07) is 5.86. The number of hydrogen-bond donors (Lipinski definition) is 1. The van der Waals surface area contributed by atoms with E-state index < -0.39 is 5.97 Å². The van der Waals surface area contributed by atoms with Crippen LogP contribution in [0.1, 0.15) is 19.3 Å². The fraction of sp³-hybridized carbons (Fsp3) is 0.500. The minimum atomic E-state index is -0.682. The van der Waals surface area contributed by atoms with Crippen LogP contribution >= 0.6 is 11.8 Å². The zero-order valence-corrected chi connectivity index (χ0v) is 11.3. The third-order valence-corrected chi connectivity index (χ3v) is 4.93. The van der Waals surface area contributed by atoms with Crippen LogP contribution in [-0.2, 0) is 4.79 Å². The van der Waals surface area contributed by atoms with Gasteiger partial charge in [-0.3, -0.25) is 4.79 Å². The molecule has 0 radical (unpaired) electrons. The molecule has 2 aliphatic rings. The number of aliphatic carboxylic acids is 1. The van der Waals surface area contributed by atoms with Crippen LogP contribution in [0.15, 0.2) is 23.1 Å². The van der Waals surface area contributed by atoms with Crippen LogP contribution < -0.4 is 9.47 Å². The molecule has 1 saturated carbocycles. The molecule has 1 aromatic carbocycles. The summed E-state index contributed by atoms with van der Waals surface area (Å²) in [7, 11) is 0. The summed E-state index contributed by atoms with van der Waals surface area (Å²) < 4.78 is 11.2. The van der Waals surface area contributed by atoms with Crippen LogP contribution in [0.3, 0.4) is 0 Å². The summed E-state index contributed by atoms with van der Waals surface area (Å²) in [5.74, 6) is 0.665. The highest BCUT2D eigenvalue weighted by molar-refractivity contribution is 8.00. The highest BCUT2D eigenvalue weighted by Crippen LogP contribution is 2.43. The fourth-order valence-corrected chi connectivity index (χ4v) is 3.63. The number of hydrogen-bond acceptors (Lipinski definition) is 4. The van der Waals surface area contributed by atoms with Gasteiger partial charge in [0.2, 0.25) is 0 Å². The second kappa shape index (κ2) is 5.33. The molecule has 0 bridgehead atoms. The lowest BCUT2D eigenvalue weighted by Gasteiger charge is -2.32. The molecule has 102 valence electrons. The van der Waals surface area contributed by atoms with Gasteiger partial charge in [-0.25, -0.2) is 0 Å². The maximum Gasteiger partial charge on any atom is 0.307 e. The lowest BCUT2D eigenvalue weighted by atomic mass is 9.85. The molecule has 1 N–H and O–H groups in total. The van der Waals surface area contributed by atoms with E-state index in [1.807, 2.05) is 18.2 Å². The molecule has 0 saturated heterocycles. The standard InChI is InChI=1S/C14H16O4S/c15-14(16)10-3-5-13(10)19-9-2-4-11-12(8-9)18-7-1-6-17-11/h2,4,8,10,13H,1,3,5-7H2,(H,15,16). The molecular formula is C14H16O4S. The largest absolute Gasteiger partial charge is 0.490 e. The zero-order valence-electron chi connectivity index (χ0n) is 10.5. The molecule has 5 heteroatoms. The molecule has 0 aromatic heterocycles. The molecule has 2 unspecified atom stereocenters. The second-order valence-electron chi connectivity index (χ2n) is 4.84. The number of thioether (sulfide) groups is 1. The van der Waals surface area contributed by atoms with Crippen molar-refractivity contribution in [1.82, 2.24) is 0 Å². The van der Waals surface area contributed by atoms with Gasteiger partial charge in [0.15, 0.2) is 11.5 Å². The Hall–Kier alpha value is -1.36. The zero-order chi connectivity index (χ0) is 13.2. The predicted molar refractivity (Wildman–Crippen MR) is 72.1 cm³/mol. The Balaban J connectivity index is 1.72. The number of carbonyl (C=O) groups is 1. The van der Waals surface area contributed by atoms with Crippen LogP contribution in [0.5, 0.6) is 11.5 Å². The first-order valence-electron chi connectivity index (χ1n) is 6.53. The Bertz CT molecular complexity index is 488. The maximum absolute atomic E-state index is 11.0. The SMILES string of the molecule is O=C(O)C1CCC1Sc1ccc2c(c1)OCCCO2. The van der Waals surface area contributed by atoms with E-state index in [4.69, 9.17) is 14.6 Å². The molecule has 1 aliphatic carbocycles. The average Bonchev–Trinajstić information content (AvgIpc) is 2.58. The maximum atomic E-state index is 11.0. The number of carboxylic acid groups (broad SMARTS) is 1. The van der Waals surface area contributed by atoms with Gasteiger partial charge in [-0.05, 0) is 31.0 Å². The van der Waals surface area contributed by atoms with E-state index in [2.05, 4.69) is 0 Å². The Labute approximate surface area is 116 Å². The van der Waals surface area contributed by atoms with Crippen LogP contribution in [-0.4, -0.2) is 29.5 Å². The van der Waals surface area contributed by atoms with Crippen molar-refractivity contribution in [1.29, 1.82) is 0 Å². The molecular weight excluding hydrogens is 264 g/mol. The van der Waals surface area contributed by atoms with Crippen molar-refractivity contribution in [3.63, 3.8) is 0 Å². The topological polar surface area (TPSA) is 55.8 Å². The van der Waals surface area contributed by atoms with Crippen molar-refractivity contribution in [2.24, 2.45) is 5.92 Å². The highest BCUT2D eigenvalue weighted by atomic mass is 32.2. The van der Waals surface area contributed by atoms with Gasteiger partial charge in [0, 0.05) is 16.6 Å². The van der Waals surface area contributed by atoms with Crippen LogP contribution in [0, 0.1) is 5.92 Å². The van der Waals surface area contributed by atoms with E-state index in [-0.39, 0.29) is 11.2 Å². The van der Waals surface area contributed by atoms with E-state index in [1.165, 1.54) is 0 Å². The Morgan fingerprint density at radius 3 is 2.68 bits per heavy atom. The van der Waals surface area contributed by atoms with Crippen molar-refractivity contribution >= 4 is 17.7 Å². The van der Waals surface area contributed by atoms with E-state index in [0.717, 1.165) is 35.7 Å². The van der Waals surface area contributed by atoms with E-state index in [9.17, 15) is 4.79 Å². The second-order valence-corrected chi connectivity index (χ2v) is 6.15. The summed E-state index contributed by atoms with van der Waals surface area (Å²) in [5.41, 5.74) is 0. The first-order chi connectivity index (χ1) is 9.24. The van der Waals surface area contributed by atoms with Gasteiger partial charge in [-0.15, -0.1) is 11.8 Å². The van der Waals surface area contributed by atoms with Crippen LogP contribution in [0.2, 0.25) is 0 Å². The normalized spacial score (nSPS) is 25.3. The number of ether oxygens (including phenoxy) is 2. The molecule has 0 spiro atoms. The summed E-state index contributed by atoms with van der Waals surface area (Å²) in [4.78, 5) is 12.1. The number of carboxylic acids is 1. The van der Waals surface area contributed by atoms with Crippen molar-refractivity contribution < 1.29 is 19.4 Å². The molecule has 19 heavy (non-hydrogen) atoms. The molecule has 2 atom stereocenters. The predicted octanol–water partition coefficient (Wildman–Crippen LogP) is 2.80. The molecule has 1 fully saturated rings. The van der Waals surface area contributed by atoms with Crippen molar-refractivity contribution in [3.8, 4) is 11.5 Å². The first kappa shape index (κ1) is 12.7. The highest BCUT2D eigenvalue weighted by Gasteiger charge is 2.37. The summed E-state index contributed by atoms with van der Waals surface area (Å²) in [6.07, 6.45) is 2.65. The van der Waals surface area contributed by atoms with E-state index >= 15 is 0 Å². The van der Waals surface area contributed by atoms with Crippen molar-refractivity contribution in [2.75, 3.05) is 13.2 Å². The van der Waals surface area contributed by atoms with Gasteiger partial charge in [0.1, 0.15) is 0 Å². The summed E-state index contributed by atoms with van der Waals surface area (Å²) >= 11 is 1.63. The van der Waals surface area contributed by atoms with Crippen LogP contribution in [0.4, 0.5) is 0 Å². The lowest BCUT2D eigenvalue weighted by Crippen LogP contribution is -2.35. The minimum Gasteiger partial charge on any atom is -0.490 e. The van der Waals surface area contributed by atoms with Crippen molar-refractivity contribution in [2.45, 2.75) is 29.4 Å². The van der Waals surface area contributed by atoms with E-state index in [0.29, 0.717) is 13.2 Å². The minimum absolute atomic E-state index is 0.183. The van der Waals surface area contributed by atoms with Gasteiger partial charge in [-0.1, -0.05) is 0 Å².